The number of nitrogens with one attached hydrogen (secondary N) is 2. The van der Waals surface area contributed by atoms with Gasteiger partial charge in [0.05, 0.1) is 13.7 Å². The lowest BCUT2D eigenvalue weighted by Crippen LogP contribution is -2.36. The van der Waals surface area contributed by atoms with Crippen molar-refractivity contribution in [3.63, 3.8) is 0 Å². The van der Waals surface area contributed by atoms with E-state index in [0.29, 0.717) is 31.4 Å². The van der Waals surface area contributed by atoms with Crippen molar-refractivity contribution in [2.24, 2.45) is 4.99 Å². The number of hydrogen-bond donors (Lipinski definition) is 2. The zero-order valence-corrected chi connectivity index (χ0v) is 17.5. The van der Waals surface area contributed by atoms with Crippen molar-refractivity contribution in [2.75, 3.05) is 20.8 Å². The van der Waals surface area contributed by atoms with Crippen LogP contribution in [0.25, 0.3) is 0 Å². The second kappa shape index (κ2) is 11.6. The van der Waals surface area contributed by atoms with Gasteiger partial charge in [-0.1, -0.05) is 18.2 Å². The zero-order chi connectivity index (χ0) is 18.1. The summed E-state index contributed by atoms with van der Waals surface area (Å²) in [5, 5.41) is 6.43. The van der Waals surface area contributed by atoms with Gasteiger partial charge in [0, 0.05) is 20.1 Å². The van der Waals surface area contributed by atoms with Gasteiger partial charge in [-0.3, -0.25) is 4.99 Å². The predicted octanol–water partition coefficient (Wildman–Crippen LogP) is 3.72. The van der Waals surface area contributed by atoms with Crippen molar-refractivity contribution in [2.45, 2.75) is 20.0 Å². The van der Waals surface area contributed by atoms with Gasteiger partial charge in [-0.2, -0.15) is 0 Å². The van der Waals surface area contributed by atoms with Crippen molar-refractivity contribution in [1.29, 1.82) is 0 Å². The minimum absolute atomic E-state index is 0. The molecule has 0 saturated heterocycles. The molecule has 7 heteroatoms. The van der Waals surface area contributed by atoms with Crippen LogP contribution in [0.3, 0.4) is 0 Å². The molecule has 2 aromatic rings. The van der Waals surface area contributed by atoms with Crippen molar-refractivity contribution >= 4 is 29.9 Å². The molecule has 0 radical (unpaired) electrons. The molecule has 0 heterocycles. The Morgan fingerprint density at radius 1 is 1.00 bits per heavy atom. The number of rotatable bonds is 7. The van der Waals surface area contributed by atoms with Gasteiger partial charge in [-0.25, -0.2) is 4.39 Å². The van der Waals surface area contributed by atoms with Crippen LogP contribution in [-0.4, -0.2) is 26.7 Å². The van der Waals surface area contributed by atoms with Crippen LogP contribution in [0.5, 0.6) is 11.5 Å². The number of nitrogens with zero attached hydrogens (tertiary/aromatic N) is 1. The SMILES string of the molecule is CCOc1ccc(CNC(=NC)NCc2ccc(F)cc2)cc1OC.I. The van der Waals surface area contributed by atoms with Crippen molar-refractivity contribution in [3.8, 4) is 11.5 Å². The number of ether oxygens (including phenoxy) is 2. The first-order chi connectivity index (χ1) is 12.2. The highest BCUT2D eigenvalue weighted by molar-refractivity contribution is 14.0. The standard InChI is InChI=1S/C19H24FN3O2.HI/c1-4-25-17-10-7-15(11-18(17)24-3)13-23-19(21-2)22-12-14-5-8-16(20)9-6-14;/h5-11H,4,12-13H2,1-3H3,(H2,21,22,23);1H. The molecule has 0 amide bonds. The van der Waals surface area contributed by atoms with Gasteiger partial charge in [-0.05, 0) is 42.3 Å². The van der Waals surface area contributed by atoms with Gasteiger partial charge >= 0.3 is 0 Å². The largest absolute Gasteiger partial charge is 0.493 e. The molecule has 0 aliphatic rings. The number of guanidine groups is 1. The molecule has 142 valence electrons. The van der Waals surface area contributed by atoms with E-state index in [1.54, 1.807) is 26.3 Å². The number of halogens is 2. The van der Waals surface area contributed by atoms with E-state index in [2.05, 4.69) is 15.6 Å². The molecule has 5 nitrogen and oxygen atoms in total. The van der Waals surface area contributed by atoms with E-state index < -0.39 is 0 Å². The molecule has 0 saturated carbocycles. The van der Waals surface area contributed by atoms with E-state index in [0.717, 1.165) is 16.9 Å². The number of aliphatic imine (C=N–C) groups is 1. The molecule has 26 heavy (non-hydrogen) atoms. The summed E-state index contributed by atoms with van der Waals surface area (Å²) in [7, 11) is 3.33. The summed E-state index contributed by atoms with van der Waals surface area (Å²) in [6.07, 6.45) is 0. The quantitative estimate of drug-likeness (QED) is 0.366. The van der Waals surface area contributed by atoms with Crippen LogP contribution < -0.4 is 20.1 Å². The molecule has 0 aromatic heterocycles. The zero-order valence-electron chi connectivity index (χ0n) is 15.2. The summed E-state index contributed by atoms with van der Waals surface area (Å²) < 4.78 is 23.8. The Labute approximate surface area is 171 Å². The first kappa shape index (κ1) is 22.0. The van der Waals surface area contributed by atoms with E-state index in [1.165, 1.54) is 12.1 Å². The molecule has 2 rings (SSSR count). The highest BCUT2D eigenvalue weighted by Crippen LogP contribution is 2.27. The molecule has 0 unspecified atom stereocenters. The maximum atomic E-state index is 12.9. The Morgan fingerprint density at radius 3 is 2.19 bits per heavy atom. The fourth-order valence-electron chi connectivity index (χ4n) is 2.29. The Kier molecular flexibility index (Phi) is 9.79. The van der Waals surface area contributed by atoms with Crippen LogP contribution in [0.15, 0.2) is 47.5 Å². The third-order valence-corrected chi connectivity index (χ3v) is 3.58. The molecular weight excluding hydrogens is 448 g/mol. The van der Waals surface area contributed by atoms with Crippen molar-refractivity contribution in [3.05, 3.63) is 59.4 Å². The summed E-state index contributed by atoms with van der Waals surface area (Å²) in [5.74, 6) is 1.86. The molecule has 2 N–H and O–H groups in total. The molecule has 2 aromatic carbocycles. The van der Waals surface area contributed by atoms with E-state index in [1.807, 2.05) is 25.1 Å². The normalized spacial score (nSPS) is 10.7. The van der Waals surface area contributed by atoms with Crippen LogP contribution in [-0.2, 0) is 13.1 Å². The van der Waals surface area contributed by atoms with Crippen molar-refractivity contribution in [1.82, 2.24) is 10.6 Å². The van der Waals surface area contributed by atoms with Crippen LogP contribution in [0.1, 0.15) is 18.1 Å². The monoisotopic (exact) mass is 473 g/mol. The average Bonchev–Trinajstić information content (AvgIpc) is 2.64. The highest BCUT2D eigenvalue weighted by atomic mass is 127. The Hall–Kier alpha value is -2.03. The minimum atomic E-state index is -0.240. The average molecular weight is 473 g/mol. The summed E-state index contributed by atoms with van der Waals surface area (Å²) in [6.45, 7) is 3.68. The van der Waals surface area contributed by atoms with Crippen LogP contribution >= 0.6 is 24.0 Å². The maximum Gasteiger partial charge on any atom is 0.191 e. The second-order valence-electron chi connectivity index (χ2n) is 5.32. The van der Waals surface area contributed by atoms with Gasteiger partial charge in [-0.15, -0.1) is 24.0 Å². The minimum Gasteiger partial charge on any atom is -0.493 e. The lowest BCUT2D eigenvalue weighted by atomic mass is 10.2. The lowest BCUT2D eigenvalue weighted by molar-refractivity contribution is 0.310. The fraction of sp³-hybridized carbons (Fsp3) is 0.316. The molecular formula is C19H25FIN3O2. The van der Waals surface area contributed by atoms with Gasteiger partial charge < -0.3 is 20.1 Å². The predicted molar refractivity (Wildman–Crippen MR) is 113 cm³/mol. The molecule has 0 fully saturated rings. The van der Waals surface area contributed by atoms with Crippen LogP contribution in [0, 0.1) is 5.82 Å². The smallest absolute Gasteiger partial charge is 0.191 e. The number of methoxy groups -OCH3 is 1. The Bertz CT molecular complexity index is 708. The third-order valence-electron chi connectivity index (χ3n) is 3.58. The topological polar surface area (TPSA) is 54.9 Å². The van der Waals surface area contributed by atoms with Gasteiger partial charge in [0.25, 0.3) is 0 Å². The van der Waals surface area contributed by atoms with Gasteiger partial charge in [0.2, 0.25) is 0 Å². The van der Waals surface area contributed by atoms with Gasteiger partial charge in [0.1, 0.15) is 5.82 Å². The first-order valence-corrected chi connectivity index (χ1v) is 8.15. The third kappa shape index (κ3) is 6.70. The van der Waals surface area contributed by atoms with E-state index >= 15 is 0 Å². The lowest BCUT2D eigenvalue weighted by Gasteiger charge is -2.14. The van der Waals surface area contributed by atoms with Crippen molar-refractivity contribution < 1.29 is 13.9 Å². The van der Waals surface area contributed by atoms with Crippen LogP contribution in [0.4, 0.5) is 4.39 Å². The molecule has 0 aliphatic carbocycles. The molecule has 0 bridgehead atoms. The number of hydrogen-bond acceptors (Lipinski definition) is 3. The highest BCUT2D eigenvalue weighted by Gasteiger charge is 2.06. The molecule has 0 aliphatic heterocycles. The Balaban J connectivity index is 0.00000338. The number of benzene rings is 2. The fourth-order valence-corrected chi connectivity index (χ4v) is 2.29. The second-order valence-corrected chi connectivity index (χ2v) is 5.32. The van der Waals surface area contributed by atoms with Crippen LogP contribution in [0.2, 0.25) is 0 Å². The van der Waals surface area contributed by atoms with E-state index in [-0.39, 0.29) is 29.8 Å². The Morgan fingerprint density at radius 2 is 1.62 bits per heavy atom. The van der Waals surface area contributed by atoms with E-state index in [4.69, 9.17) is 9.47 Å². The van der Waals surface area contributed by atoms with E-state index in [9.17, 15) is 4.39 Å². The van der Waals surface area contributed by atoms with Gasteiger partial charge in [0.15, 0.2) is 17.5 Å². The summed E-state index contributed by atoms with van der Waals surface area (Å²) in [6, 6.07) is 12.2. The summed E-state index contributed by atoms with van der Waals surface area (Å²) in [5.41, 5.74) is 2.03. The molecule has 0 atom stereocenters. The summed E-state index contributed by atoms with van der Waals surface area (Å²) >= 11 is 0. The summed E-state index contributed by atoms with van der Waals surface area (Å²) in [4.78, 5) is 4.19. The first-order valence-electron chi connectivity index (χ1n) is 8.15. The molecule has 0 spiro atoms. The maximum absolute atomic E-state index is 12.9.